The monoisotopic (exact) mass is 480 g/mol. The van der Waals surface area contributed by atoms with Crippen molar-refractivity contribution in [1.29, 1.82) is 0 Å². The SMILES string of the molecule is c1ccc(B2c3ccccc3-c3cc(-c4ccc5c(c4)c4cccc6c7ccccc7n5c64)cnc32)cc1. The fourth-order valence-corrected chi connectivity index (χ4v) is 6.82. The molecule has 0 unspecified atom stereocenters. The molecule has 174 valence electrons. The predicted octanol–water partition coefficient (Wildman–Crippen LogP) is 6.40. The molecular formula is C35H21BN2. The molecule has 1 aliphatic rings. The molecule has 4 heterocycles. The molecule has 3 heteroatoms. The smallest absolute Gasteiger partial charge is 0.266 e. The van der Waals surface area contributed by atoms with E-state index >= 15 is 0 Å². The quantitative estimate of drug-likeness (QED) is 0.262. The lowest BCUT2D eigenvalue weighted by molar-refractivity contribution is 1.37. The van der Waals surface area contributed by atoms with Crippen molar-refractivity contribution in [3.05, 3.63) is 128 Å². The van der Waals surface area contributed by atoms with E-state index in [0.717, 1.165) is 11.2 Å². The van der Waals surface area contributed by atoms with E-state index in [1.807, 2.05) is 0 Å². The molecule has 38 heavy (non-hydrogen) atoms. The van der Waals surface area contributed by atoms with Crippen LogP contribution < -0.4 is 16.5 Å². The summed E-state index contributed by atoms with van der Waals surface area (Å²) in [6.07, 6.45) is 2.06. The molecule has 5 aromatic carbocycles. The van der Waals surface area contributed by atoms with Gasteiger partial charge < -0.3 is 4.40 Å². The van der Waals surface area contributed by atoms with Crippen molar-refractivity contribution in [2.45, 2.75) is 0 Å². The van der Waals surface area contributed by atoms with Crippen LogP contribution in [-0.4, -0.2) is 16.1 Å². The minimum absolute atomic E-state index is 0.174. The highest BCUT2D eigenvalue weighted by atomic mass is 14.9. The van der Waals surface area contributed by atoms with Crippen LogP contribution in [0.5, 0.6) is 0 Å². The summed E-state index contributed by atoms with van der Waals surface area (Å²) in [7, 11) is 0. The van der Waals surface area contributed by atoms with Crippen molar-refractivity contribution in [3.8, 4) is 22.3 Å². The van der Waals surface area contributed by atoms with E-state index in [1.165, 1.54) is 65.7 Å². The van der Waals surface area contributed by atoms with Crippen LogP contribution in [0, 0.1) is 0 Å². The first kappa shape index (κ1) is 20.2. The summed E-state index contributed by atoms with van der Waals surface area (Å²) < 4.78 is 2.43. The second-order valence-corrected chi connectivity index (χ2v) is 10.4. The minimum atomic E-state index is 0.174. The van der Waals surface area contributed by atoms with Crippen LogP contribution in [0.25, 0.3) is 60.3 Å². The Balaban J connectivity index is 1.26. The van der Waals surface area contributed by atoms with Gasteiger partial charge >= 0.3 is 0 Å². The van der Waals surface area contributed by atoms with Crippen LogP contribution in [0.15, 0.2) is 128 Å². The number of aromatic nitrogens is 2. The molecule has 0 atom stereocenters. The van der Waals surface area contributed by atoms with Gasteiger partial charge in [-0.3, -0.25) is 4.98 Å². The molecule has 0 saturated heterocycles. The number of fused-ring (bicyclic) bond motifs is 9. The van der Waals surface area contributed by atoms with Crippen molar-refractivity contribution in [2.75, 3.05) is 0 Å². The molecule has 0 amide bonds. The normalized spacial score (nSPS) is 12.7. The van der Waals surface area contributed by atoms with Crippen LogP contribution >= 0.6 is 0 Å². The van der Waals surface area contributed by atoms with Crippen LogP contribution in [-0.2, 0) is 0 Å². The van der Waals surface area contributed by atoms with Gasteiger partial charge in [-0.2, -0.15) is 0 Å². The maximum atomic E-state index is 5.11. The number of hydrogen-bond donors (Lipinski definition) is 0. The molecule has 2 nitrogen and oxygen atoms in total. The Kier molecular flexibility index (Phi) is 3.90. The van der Waals surface area contributed by atoms with Gasteiger partial charge in [0, 0.05) is 38.9 Å². The average molecular weight is 480 g/mol. The van der Waals surface area contributed by atoms with Crippen LogP contribution in [0.2, 0.25) is 0 Å². The zero-order chi connectivity index (χ0) is 24.8. The van der Waals surface area contributed by atoms with Crippen molar-refractivity contribution in [2.24, 2.45) is 0 Å². The van der Waals surface area contributed by atoms with Gasteiger partial charge in [0.1, 0.15) is 0 Å². The summed E-state index contributed by atoms with van der Waals surface area (Å²) in [6, 6.07) is 44.2. The van der Waals surface area contributed by atoms with E-state index in [0.29, 0.717) is 0 Å². The minimum Gasteiger partial charge on any atom is -0.308 e. The summed E-state index contributed by atoms with van der Waals surface area (Å²) in [5.41, 5.74) is 12.5. The van der Waals surface area contributed by atoms with Crippen molar-refractivity contribution < 1.29 is 0 Å². The van der Waals surface area contributed by atoms with Gasteiger partial charge in [-0.15, -0.1) is 0 Å². The lowest BCUT2D eigenvalue weighted by atomic mass is 9.40. The lowest BCUT2D eigenvalue weighted by Crippen LogP contribution is -2.50. The number of rotatable bonds is 2. The highest BCUT2D eigenvalue weighted by molar-refractivity contribution is 6.98. The zero-order valence-corrected chi connectivity index (χ0v) is 20.6. The molecule has 8 aromatic rings. The highest BCUT2D eigenvalue weighted by Crippen LogP contribution is 2.40. The second-order valence-electron chi connectivity index (χ2n) is 10.4. The molecule has 9 rings (SSSR count). The predicted molar refractivity (Wildman–Crippen MR) is 161 cm³/mol. The van der Waals surface area contributed by atoms with Gasteiger partial charge in [-0.25, -0.2) is 0 Å². The largest absolute Gasteiger partial charge is 0.308 e. The third kappa shape index (κ3) is 2.55. The molecule has 0 radical (unpaired) electrons. The fourth-order valence-electron chi connectivity index (χ4n) is 6.82. The summed E-state index contributed by atoms with van der Waals surface area (Å²) in [6.45, 7) is 0.174. The third-order valence-electron chi connectivity index (χ3n) is 8.44. The Morgan fingerprint density at radius 1 is 0.526 bits per heavy atom. The maximum Gasteiger partial charge on any atom is 0.266 e. The van der Waals surface area contributed by atoms with Gasteiger partial charge in [-0.1, -0.05) is 108 Å². The number of benzene rings is 5. The van der Waals surface area contributed by atoms with Gasteiger partial charge in [0.25, 0.3) is 6.71 Å². The zero-order valence-electron chi connectivity index (χ0n) is 20.6. The maximum absolute atomic E-state index is 5.11. The molecule has 0 N–H and O–H groups in total. The standard InChI is InChI=1S/C35H21BN2/c1-2-9-24(10-3-1)36-31-15-6-4-11-25(31)30-20-23(21-37-35(30)36)22-17-18-33-29(19-22)28-14-8-13-27-26-12-5-7-16-32(26)38(33)34(27)28/h1-21H. The first-order valence-electron chi connectivity index (χ1n) is 13.2. The van der Waals surface area contributed by atoms with Gasteiger partial charge in [0.2, 0.25) is 0 Å². The molecular weight excluding hydrogens is 459 g/mol. The Morgan fingerprint density at radius 2 is 1.26 bits per heavy atom. The lowest BCUT2D eigenvalue weighted by Gasteiger charge is -2.10. The Labute approximate surface area is 220 Å². The number of nitrogens with zero attached hydrogens (tertiary/aromatic N) is 2. The molecule has 0 saturated carbocycles. The topological polar surface area (TPSA) is 17.3 Å². The molecule has 3 aromatic heterocycles. The van der Waals surface area contributed by atoms with Gasteiger partial charge in [0.05, 0.1) is 16.6 Å². The number of hydrogen-bond acceptors (Lipinski definition) is 1. The Bertz CT molecular complexity index is 2190. The van der Waals surface area contributed by atoms with E-state index in [1.54, 1.807) is 0 Å². The molecule has 0 bridgehead atoms. The van der Waals surface area contributed by atoms with E-state index in [9.17, 15) is 0 Å². The molecule has 0 aliphatic carbocycles. The first-order chi connectivity index (χ1) is 18.9. The Hall–Kier alpha value is -4.89. The number of pyridine rings is 1. The van der Waals surface area contributed by atoms with E-state index < -0.39 is 0 Å². The van der Waals surface area contributed by atoms with Gasteiger partial charge in [0.15, 0.2) is 0 Å². The van der Waals surface area contributed by atoms with E-state index in [4.69, 9.17) is 4.98 Å². The van der Waals surface area contributed by atoms with Crippen molar-refractivity contribution >= 4 is 61.3 Å². The van der Waals surface area contributed by atoms with Gasteiger partial charge in [-0.05, 0) is 41.0 Å². The second kappa shape index (κ2) is 7.33. The van der Waals surface area contributed by atoms with Crippen molar-refractivity contribution in [1.82, 2.24) is 9.38 Å². The van der Waals surface area contributed by atoms with Crippen LogP contribution in [0.3, 0.4) is 0 Å². The van der Waals surface area contributed by atoms with Crippen LogP contribution in [0.1, 0.15) is 0 Å². The summed E-state index contributed by atoms with van der Waals surface area (Å²) in [5, 5.41) is 5.23. The highest BCUT2D eigenvalue weighted by Gasteiger charge is 2.34. The van der Waals surface area contributed by atoms with E-state index in [2.05, 4.69) is 132 Å². The van der Waals surface area contributed by atoms with Crippen molar-refractivity contribution in [3.63, 3.8) is 0 Å². The fraction of sp³-hybridized carbons (Fsp3) is 0. The third-order valence-corrected chi connectivity index (χ3v) is 8.44. The van der Waals surface area contributed by atoms with Crippen LogP contribution in [0.4, 0.5) is 0 Å². The molecule has 0 fully saturated rings. The summed E-state index contributed by atoms with van der Waals surface area (Å²) >= 11 is 0. The summed E-state index contributed by atoms with van der Waals surface area (Å²) in [5.74, 6) is 0. The first-order valence-corrected chi connectivity index (χ1v) is 13.2. The number of para-hydroxylation sites is 2. The molecule has 1 aliphatic heterocycles. The Morgan fingerprint density at radius 3 is 2.18 bits per heavy atom. The molecule has 0 spiro atoms. The average Bonchev–Trinajstić information content (AvgIpc) is 3.62. The summed E-state index contributed by atoms with van der Waals surface area (Å²) in [4.78, 5) is 5.11. The van der Waals surface area contributed by atoms with E-state index in [-0.39, 0.29) is 6.71 Å².